The molecule has 0 atom stereocenters. The molecule has 0 unspecified atom stereocenters. The van der Waals surface area contributed by atoms with Crippen molar-refractivity contribution >= 4 is 5.69 Å². The van der Waals surface area contributed by atoms with Crippen molar-refractivity contribution in [1.29, 1.82) is 0 Å². The van der Waals surface area contributed by atoms with Gasteiger partial charge in [-0.25, -0.2) is 0 Å². The van der Waals surface area contributed by atoms with E-state index in [4.69, 9.17) is 0 Å². The van der Waals surface area contributed by atoms with Gasteiger partial charge in [0.1, 0.15) is 6.61 Å². The van der Waals surface area contributed by atoms with Crippen LogP contribution in [0.15, 0.2) is 24.3 Å². The van der Waals surface area contributed by atoms with E-state index in [1.807, 2.05) is 0 Å². The molecule has 0 fully saturated rings. The quantitative estimate of drug-likeness (QED) is 0.536. The zero-order valence-corrected chi connectivity index (χ0v) is 6.95. The number of hydrogen-bond acceptors (Lipinski definition) is 5. The van der Waals surface area contributed by atoms with Crippen LogP contribution in [-0.4, -0.2) is 10.0 Å². The van der Waals surface area contributed by atoms with Gasteiger partial charge in [-0.15, -0.1) is 10.1 Å². The predicted octanol–water partition coefficient (Wildman–Crippen LogP) is 1.30. The second-order valence-corrected chi connectivity index (χ2v) is 2.42. The summed E-state index contributed by atoms with van der Waals surface area (Å²) >= 11 is 0. The SMILES string of the molecule is O=[N+]([O-])OCc1ccc([N+](=O)[O-])cc1. The summed E-state index contributed by atoms with van der Waals surface area (Å²) in [4.78, 5) is 23.6. The lowest BCUT2D eigenvalue weighted by molar-refractivity contribution is -0.763. The minimum atomic E-state index is -0.915. The van der Waals surface area contributed by atoms with Crippen LogP contribution in [0.4, 0.5) is 5.69 Å². The molecular weight excluding hydrogens is 192 g/mol. The van der Waals surface area contributed by atoms with E-state index in [0.717, 1.165) is 0 Å². The first kappa shape index (κ1) is 9.90. The second kappa shape index (κ2) is 4.17. The Morgan fingerprint density at radius 3 is 2.14 bits per heavy atom. The average molecular weight is 198 g/mol. The molecule has 0 N–H and O–H groups in total. The van der Waals surface area contributed by atoms with Gasteiger partial charge >= 0.3 is 0 Å². The summed E-state index contributed by atoms with van der Waals surface area (Å²) in [6, 6.07) is 5.33. The van der Waals surface area contributed by atoms with Crippen LogP contribution in [-0.2, 0) is 11.4 Å². The summed E-state index contributed by atoms with van der Waals surface area (Å²) in [6.07, 6.45) is 0. The van der Waals surface area contributed by atoms with Crippen LogP contribution >= 0.6 is 0 Å². The van der Waals surface area contributed by atoms with E-state index < -0.39 is 10.0 Å². The van der Waals surface area contributed by atoms with E-state index in [1.165, 1.54) is 24.3 Å². The van der Waals surface area contributed by atoms with Gasteiger partial charge in [-0.3, -0.25) is 10.1 Å². The fraction of sp³-hybridized carbons (Fsp3) is 0.143. The number of nitrogens with zero attached hydrogens (tertiary/aromatic N) is 2. The Balaban J connectivity index is 2.64. The Kier molecular flexibility index (Phi) is 2.95. The summed E-state index contributed by atoms with van der Waals surface area (Å²) < 4.78 is 0. The van der Waals surface area contributed by atoms with Crippen molar-refractivity contribution < 1.29 is 14.8 Å². The maximum atomic E-state index is 10.2. The Hall–Kier alpha value is -2.18. The number of non-ortho nitro benzene ring substituents is 1. The Morgan fingerprint density at radius 1 is 1.14 bits per heavy atom. The molecule has 0 saturated carbocycles. The lowest BCUT2D eigenvalue weighted by Crippen LogP contribution is -2.00. The van der Waals surface area contributed by atoms with Crippen LogP contribution in [0, 0.1) is 20.2 Å². The van der Waals surface area contributed by atoms with Gasteiger partial charge in [0.05, 0.1) is 4.92 Å². The fourth-order valence-corrected chi connectivity index (χ4v) is 0.841. The second-order valence-electron chi connectivity index (χ2n) is 2.42. The molecule has 0 radical (unpaired) electrons. The molecule has 7 nitrogen and oxygen atoms in total. The van der Waals surface area contributed by atoms with Crippen LogP contribution < -0.4 is 0 Å². The molecule has 74 valence electrons. The lowest BCUT2D eigenvalue weighted by Gasteiger charge is -1.98. The van der Waals surface area contributed by atoms with Gasteiger partial charge in [-0.05, 0) is 5.56 Å². The number of nitro groups is 1. The van der Waals surface area contributed by atoms with Gasteiger partial charge in [-0.1, -0.05) is 12.1 Å². The molecule has 14 heavy (non-hydrogen) atoms. The van der Waals surface area contributed by atoms with Crippen LogP contribution in [0.1, 0.15) is 5.56 Å². The molecule has 0 aliphatic rings. The summed E-state index contributed by atoms with van der Waals surface area (Å²) in [5, 5.41) is 19.2. The smallest absolute Gasteiger partial charge is 0.294 e. The average Bonchev–Trinajstić information content (AvgIpc) is 2.15. The molecule has 1 aromatic carbocycles. The highest BCUT2D eigenvalue weighted by Gasteiger charge is 2.04. The zero-order valence-electron chi connectivity index (χ0n) is 6.95. The monoisotopic (exact) mass is 198 g/mol. The standard InChI is InChI=1S/C7H6N2O5/c10-8(11)7-3-1-6(2-4-7)5-14-9(12)13/h1-4H,5H2. The third kappa shape index (κ3) is 2.70. The third-order valence-electron chi connectivity index (χ3n) is 1.48. The van der Waals surface area contributed by atoms with Gasteiger partial charge in [0, 0.05) is 12.1 Å². The molecule has 0 bridgehead atoms. The predicted molar refractivity (Wildman–Crippen MR) is 44.9 cm³/mol. The largest absolute Gasteiger partial charge is 0.309 e. The highest BCUT2D eigenvalue weighted by molar-refractivity contribution is 5.32. The minimum absolute atomic E-state index is 0.0603. The van der Waals surface area contributed by atoms with Crippen molar-refractivity contribution in [3.8, 4) is 0 Å². The molecule has 1 rings (SSSR count). The molecule has 0 aliphatic carbocycles. The Bertz CT molecular complexity index is 348. The third-order valence-corrected chi connectivity index (χ3v) is 1.48. The Morgan fingerprint density at radius 2 is 1.71 bits per heavy atom. The van der Waals surface area contributed by atoms with Crippen molar-refractivity contribution in [1.82, 2.24) is 0 Å². The summed E-state index contributed by atoms with van der Waals surface area (Å²) in [5.41, 5.74) is 0.446. The van der Waals surface area contributed by atoms with E-state index in [-0.39, 0.29) is 12.3 Å². The summed E-state index contributed by atoms with van der Waals surface area (Å²) in [7, 11) is 0. The van der Waals surface area contributed by atoms with Crippen molar-refractivity contribution in [2.45, 2.75) is 6.61 Å². The highest BCUT2D eigenvalue weighted by atomic mass is 16.9. The molecular formula is C7H6N2O5. The first-order valence-corrected chi connectivity index (χ1v) is 3.60. The molecule has 0 heterocycles. The highest BCUT2D eigenvalue weighted by Crippen LogP contribution is 2.12. The maximum Gasteiger partial charge on any atom is 0.294 e. The van der Waals surface area contributed by atoms with Gasteiger partial charge < -0.3 is 4.84 Å². The van der Waals surface area contributed by atoms with Crippen molar-refractivity contribution in [3.63, 3.8) is 0 Å². The van der Waals surface area contributed by atoms with E-state index in [0.29, 0.717) is 5.56 Å². The van der Waals surface area contributed by atoms with E-state index in [1.54, 1.807) is 0 Å². The van der Waals surface area contributed by atoms with Crippen molar-refractivity contribution in [3.05, 3.63) is 50.1 Å². The Labute approximate surface area is 78.2 Å². The molecule has 7 heteroatoms. The normalized spacial score (nSPS) is 9.43. The summed E-state index contributed by atoms with van der Waals surface area (Å²) in [6.45, 7) is -0.203. The van der Waals surface area contributed by atoms with Gasteiger partial charge in [0.25, 0.3) is 10.8 Å². The van der Waals surface area contributed by atoms with Crippen LogP contribution in [0.3, 0.4) is 0 Å². The van der Waals surface area contributed by atoms with Gasteiger partial charge in [-0.2, -0.15) is 0 Å². The minimum Gasteiger partial charge on any atom is -0.309 e. The molecule has 0 amide bonds. The van der Waals surface area contributed by atoms with Gasteiger partial charge in [0.15, 0.2) is 0 Å². The number of benzene rings is 1. The van der Waals surface area contributed by atoms with Crippen molar-refractivity contribution in [2.24, 2.45) is 0 Å². The van der Waals surface area contributed by atoms with Crippen LogP contribution in [0.2, 0.25) is 0 Å². The van der Waals surface area contributed by atoms with E-state index in [2.05, 4.69) is 4.84 Å². The van der Waals surface area contributed by atoms with E-state index in [9.17, 15) is 20.2 Å². The fourth-order valence-electron chi connectivity index (χ4n) is 0.841. The topological polar surface area (TPSA) is 95.5 Å². The first-order chi connectivity index (χ1) is 6.59. The summed E-state index contributed by atoms with van der Waals surface area (Å²) in [5.74, 6) is 0. The zero-order chi connectivity index (χ0) is 10.6. The first-order valence-electron chi connectivity index (χ1n) is 3.60. The van der Waals surface area contributed by atoms with Crippen molar-refractivity contribution in [2.75, 3.05) is 0 Å². The molecule has 0 aromatic heterocycles. The molecule has 0 spiro atoms. The number of rotatable bonds is 4. The molecule has 0 saturated heterocycles. The van der Waals surface area contributed by atoms with Crippen LogP contribution in [0.25, 0.3) is 0 Å². The maximum absolute atomic E-state index is 10.2. The van der Waals surface area contributed by atoms with E-state index >= 15 is 0 Å². The number of hydrogen-bond donors (Lipinski definition) is 0. The lowest BCUT2D eigenvalue weighted by atomic mass is 10.2. The molecule has 0 aliphatic heterocycles. The number of nitro benzene ring substituents is 1. The molecule has 1 aromatic rings. The van der Waals surface area contributed by atoms with Crippen LogP contribution in [0.5, 0.6) is 0 Å². The van der Waals surface area contributed by atoms with Gasteiger partial charge in [0.2, 0.25) is 0 Å².